The molecular weight excluding hydrogens is 520 g/mol. The maximum Gasteiger partial charge on any atom is 0.234 e. The molecule has 9 heteroatoms. The quantitative estimate of drug-likeness (QED) is 0.308. The van der Waals surface area contributed by atoms with Crippen molar-refractivity contribution in [1.82, 2.24) is 14.8 Å². The third-order valence-electron chi connectivity index (χ3n) is 4.19. The number of thioether (sulfide) groups is 1. The van der Waals surface area contributed by atoms with E-state index in [-0.39, 0.29) is 11.7 Å². The number of nitrogens with one attached hydrogen (secondary N) is 1. The third-order valence-corrected chi connectivity index (χ3v) is 6.18. The van der Waals surface area contributed by atoms with Crippen molar-refractivity contribution in [3.05, 3.63) is 57.5 Å². The van der Waals surface area contributed by atoms with Gasteiger partial charge in [0.15, 0.2) is 10.9 Å². The van der Waals surface area contributed by atoms with Gasteiger partial charge in [0.25, 0.3) is 0 Å². The standard InChI is InChI=1S/C20H16Br2N4O2S/c1-2-26-19(17-10-12-9-14(22)5-8-16(12)28-17)24-25-20(26)29-11-18(27)23-15-6-3-13(21)4-7-15/h3-10H,2,11H2,1H3,(H,23,27). The van der Waals surface area contributed by atoms with Crippen LogP contribution in [0.1, 0.15) is 6.92 Å². The van der Waals surface area contributed by atoms with Crippen LogP contribution in [-0.4, -0.2) is 26.4 Å². The molecule has 2 aromatic carbocycles. The van der Waals surface area contributed by atoms with E-state index in [4.69, 9.17) is 4.42 Å². The lowest BCUT2D eigenvalue weighted by Crippen LogP contribution is -2.14. The fraction of sp³-hybridized carbons (Fsp3) is 0.150. The fourth-order valence-corrected chi connectivity index (χ4v) is 4.29. The summed E-state index contributed by atoms with van der Waals surface area (Å²) in [6, 6.07) is 15.3. The molecule has 0 bridgehead atoms. The minimum absolute atomic E-state index is 0.0990. The van der Waals surface area contributed by atoms with E-state index in [1.807, 2.05) is 60.0 Å². The number of benzene rings is 2. The zero-order chi connectivity index (χ0) is 20.4. The van der Waals surface area contributed by atoms with Gasteiger partial charge in [-0.05, 0) is 55.5 Å². The Hall–Kier alpha value is -2.10. The van der Waals surface area contributed by atoms with Crippen molar-refractivity contribution in [2.75, 3.05) is 11.1 Å². The zero-order valence-electron chi connectivity index (χ0n) is 15.4. The van der Waals surface area contributed by atoms with Crippen molar-refractivity contribution in [3.8, 4) is 11.6 Å². The first kappa shape index (κ1) is 20.2. The average molecular weight is 536 g/mol. The Bertz CT molecular complexity index is 1170. The first-order valence-corrected chi connectivity index (χ1v) is 11.4. The first-order valence-electron chi connectivity index (χ1n) is 8.84. The number of carbonyl (C=O) groups is 1. The van der Waals surface area contributed by atoms with Gasteiger partial charge >= 0.3 is 0 Å². The van der Waals surface area contributed by atoms with Crippen molar-refractivity contribution in [1.29, 1.82) is 0 Å². The number of hydrogen-bond acceptors (Lipinski definition) is 5. The molecule has 4 rings (SSSR count). The van der Waals surface area contributed by atoms with Gasteiger partial charge in [0.05, 0.1) is 5.75 Å². The van der Waals surface area contributed by atoms with Crippen LogP contribution < -0.4 is 5.32 Å². The number of hydrogen-bond donors (Lipinski definition) is 1. The second-order valence-corrected chi connectivity index (χ2v) is 8.96. The second kappa shape index (κ2) is 8.73. The lowest BCUT2D eigenvalue weighted by atomic mass is 10.2. The number of rotatable bonds is 6. The first-order chi connectivity index (χ1) is 14.0. The predicted octanol–water partition coefficient (Wildman–Crippen LogP) is 5.97. The molecular formula is C20H16Br2N4O2S. The molecule has 0 saturated carbocycles. The smallest absolute Gasteiger partial charge is 0.234 e. The van der Waals surface area contributed by atoms with Crippen LogP contribution >= 0.6 is 43.6 Å². The van der Waals surface area contributed by atoms with Crippen LogP contribution in [0.25, 0.3) is 22.6 Å². The molecule has 0 atom stereocenters. The zero-order valence-corrected chi connectivity index (χ0v) is 19.3. The number of aromatic nitrogens is 3. The van der Waals surface area contributed by atoms with E-state index in [2.05, 4.69) is 47.4 Å². The molecule has 0 saturated heterocycles. The highest BCUT2D eigenvalue weighted by Gasteiger charge is 2.18. The molecule has 0 aliphatic rings. The average Bonchev–Trinajstić information content (AvgIpc) is 3.31. The number of carbonyl (C=O) groups excluding carboxylic acids is 1. The number of halogens is 2. The summed E-state index contributed by atoms with van der Waals surface area (Å²) in [7, 11) is 0. The van der Waals surface area contributed by atoms with Crippen molar-refractivity contribution in [3.63, 3.8) is 0 Å². The Morgan fingerprint density at radius 1 is 1.10 bits per heavy atom. The predicted molar refractivity (Wildman–Crippen MR) is 122 cm³/mol. The highest BCUT2D eigenvalue weighted by molar-refractivity contribution is 9.10. The number of anilines is 1. The largest absolute Gasteiger partial charge is 0.453 e. The summed E-state index contributed by atoms with van der Waals surface area (Å²) in [5.74, 6) is 1.44. The van der Waals surface area contributed by atoms with Crippen molar-refractivity contribution >= 4 is 66.2 Å². The Morgan fingerprint density at radius 3 is 2.62 bits per heavy atom. The van der Waals surface area contributed by atoms with Crippen molar-refractivity contribution in [2.45, 2.75) is 18.6 Å². The molecule has 1 N–H and O–H groups in total. The number of amides is 1. The van der Waals surface area contributed by atoms with Gasteiger partial charge in [0.2, 0.25) is 11.7 Å². The van der Waals surface area contributed by atoms with E-state index >= 15 is 0 Å². The lowest BCUT2D eigenvalue weighted by molar-refractivity contribution is -0.113. The highest BCUT2D eigenvalue weighted by atomic mass is 79.9. The topological polar surface area (TPSA) is 73.0 Å². The van der Waals surface area contributed by atoms with Gasteiger partial charge < -0.3 is 9.73 Å². The molecule has 1 amide bonds. The molecule has 2 aromatic heterocycles. The van der Waals surface area contributed by atoms with Crippen LogP contribution in [0.2, 0.25) is 0 Å². The van der Waals surface area contributed by atoms with E-state index in [0.29, 0.717) is 23.3 Å². The Labute approximate surface area is 188 Å². The van der Waals surface area contributed by atoms with Gasteiger partial charge in [-0.2, -0.15) is 0 Å². The van der Waals surface area contributed by atoms with Gasteiger partial charge in [-0.3, -0.25) is 9.36 Å². The maximum absolute atomic E-state index is 12.3. The molecule has 4 aromatic rings. The van der Waals surface area contributed by atoms with Crippen LogP contribution in [0.15, 0.2) is 67.0 Å². The van der Waals surface area contributed by atoms with Gasteiger partial charge in [-0.15, -0.1) is 10.2 Å². The molecule has 0 fully saturated rings. The molecule has 0 aliphatic heterocycles. The number of fused-ring (bicyclic) bond motifs is 1. The summed E-state index contributed by atoms with van der Waals surface area (Å²) < 4.78 is 9.84. The molecule has 148 valence electrons. The third kappa shape index (κ3) is 4.57. The van der Waals surface area contributed by atoms with Gasteiger partial charge in [0, 0.05) is 26.6 Å². The summed E-state index contributed by atoms with van der Waals surface area (Å²) in [6.45, 7) is 2.68. The molecule has 6 nitrogen and oxygen atoms in total. The SMILES string of the molecule is CCn1c(SCC(=O)Nc2ccc(Br)cc2)nnc1-c1cc2cc(Br)ccc2o1. The Morgan fingerprint density at radius 2 is 1.86 bits per heavy atom. The van der Waals surface area contributed by atoms with Crippen LogP contribution in [0.3, 0.4) is 0 Å². The van der Waals surface area contributed by atoms with Crippen LogP contribution in [0.4, 0.5) is 5.69 Å². The summed E-state index contributed by atoms with van der Waals surface area (Å²) in [6.07, 6.45) is 0. The molecule has 2 heterocycles. The fourth-order valence-electron chi connectivity index (χ4n) is 2.85. The van der Waals surface area contributed by atoms with Crippen molar-refractivity contribution < 1.29 is 9.21 Å². The Kier molecular flexibility index (Phi) is 6.07. The molecule has 0 unspecified atom stereocenters. The van der Waals surface area contributed by atoms with E-state index in [0.717, 1.165) is 25.6 Å². The Balaban J connectivity index is 1.49. The summed E-state index contributed by atoms with van der Waals surface area (Å²) >= 11 is 8.20. The maximum atomic E-state index is 12.3. The van der Waals surface area contributed by atoms with Gasteiger partial charge in [0.1, 0.15) is 5.58 Å². The lowest BCUT2D eigenvalue weighted by Gasteiger charge is -2.07. The minimum Gasteiger partial charge on any atom is -0.453 e. The van der Waals surface area contributed by atoms with Gasteiger partial charge in [-0.25, -0.2) is 0 Å². The van der Waals surface area contributed by atoms with Crippen LogP contribution in [-0.2, 0) is 11.3 Å². The highest BCUT2D eigenvalue weighted by Crippen LogP contribution is 2.30. The van der Waals surface area contributed by atoms with Crippen LogP contribution in [0, 0.1) is 0 Å². The molecule has 0 aliphatic carbocycles. The van der Waals surface area contributed by atoms with E-state index in [1.54, 1.807) is 0 Å². The van der Waals surface area contributed by atoms with Crippen LogP contribution in [0.5, 0.6) is 0 Å². The van der Waals surface area contributed by atoms with E-state index < -0.39 is 0 Å². The minimum atomic E-state index is -0.0990. The van der Waals surface area contributed by atoms with Crippen molar-refractivity contribution in [2.24, 2.45) is 0 Å². The second-order valence-electron chi connectivity index (χ2n) is 6.19. The van der Waals surface area contributed by atoms with E-state index in [9.17, 15) is 4.79 Å². The number of furan rings is 1. The summed E-state index contributed by atoms with van der Waals surface area (Å²) in [5.41, 5.74) is 1.54. The monoisotopic (exact) mass is 534 g/mol. The normalized spacial score (nSPS) is 11.1. The summed E-state index contributed by atoms with van der Waals surface area (Å²) in [5, 5.41) is 13.1. The molecule has 0 spiro atoms. The van der Waals surface area contributed by atoms with Gasteiger partial charge in [-0.1, -0.05) is 43.6 Å². The molecule has 0 radical (unpaired) electrons. The van der Waals surface area contributed by atoms with E-state index in [1.165, 1.54) is 11.8 Å². The molecule has 29 heavy (non-hydrogen) atoms. The number of nitrogens with zero attached hydrogens (tertiary/aromatic N) is 3. The summed E-state index contributed by atoms with van der Waals surface area (Å²) in [4.78, 5) is 12.3.